The van der Waals surface area contributed by atoms with Crippen LogP contribution in [-0.2, 0) is 6.42 Å². The average molecular weight is 465 g/mol. The maximum absolute atomic E-state index is 5.12. The molecule has 0 amide bonds. The van der Waals surface area contributed by atoms with Crippen molar-refractivity contribution in [1.82, 2.24) is 18.5 Å². The van der Waals surface area contributed by atoms with Crippen LogP contribution in [0.2, 0.25) is 0 Å². The number of rotatable bonds is 2. The van der Waals surface area contributed by atoms with Crippen LogP contribution in [0.25, 0.3) is 56.1 Å². The number of aromatic nitrogens is 4. The monoisotopic (exact) mass is 464 g/mol. The van der Waals surface area contributed by atoms with Crippen LogP contribution in [0.1, 0.15) is 23.4 Å². The third-order valence-electron chi connectivity index (χ3n) is 7.55. The summed E-state index contributed by atoms with van der Waals surface area (Å²) in [7, 11) is 0. The summed E-state index contributed by atoms with van der Waals surface area (Å²) in [5.41, 5.74) is 10.7. The molecule has 0 N–H and O–H groups in total. The molecule has 4 aromatic carbocycles. The third kappa shape index (κ3) is 2.61. The highest BCUT2D eigenvalue weighted by molar-refractivity contribution is 6.09. The molecule has 0 atom stereocenters. The number of benzene rings is 4. The Labute approximate surface area is 208 Å². The molecular formula is C32H24N4. The Hall–Kier alpha value is -4.57. The van der Waals surface area contributed by atoms with Crippen LogP contribution in [0.3, 0.4) is 0 Å². The molecule has 1 aliphatic rings. The maximum Gasteiger partial charge on any atom is 0.220 e. The van der Waals surface area contributed by atoms with Gasteiger partial charge in [-0.3, -0.25) is 8.97 Å². The molecule has 0 saturated heterocycles. The summed E-state index contributed by atoms with van der Waals surface area (Å²) in [5, 5.41) is 2.56. The second-order valence-corrected chi connectivity index (χ2v) is 9.74. The van der Waals surface area contributed by atoms with E-state index in [1.807, 2.05) is 0 Å². The lowest BCUT2D eigenvalue weighted by Crippen LogP contribution is -1.98. The van der Waals surface area contributed by atoms with Gasteiger partial charge in [0.1, 0.15) is 0 Å². The molecule has 0 saturated carbocycles. The first kappa shape index (κ1) is 19.7. The van der Waals surface area contributed by atoms with Crippen molar-refractivity contribution in [2.75, 3.05) is 0 Å². The van der Waals surface area contributed by atoms with Crippen LogP contribution in [0.4, 0.5) is 0 Å². The van der Waals surface area contributed by atoms with E-state index < -0.39 is 0 Å². The van der Waals surface area contributed by atoms with Gasteiger partial charge in [0.05, 0.1) is 33.5 Å². The van der Waals surface area contributed by atoms with Crippen LogP contribution in [-0.4, -0.2) is 18.5 Å². The topological polar surface area (TPSA) is 27.2 Å². The molecule has 36 heavy (non-hydrogen) atoms. The second kappa shape index (κ2) is 7.22. The molecule has 0 radical (unpaired) electrons. The Kier molecular flexibility index (Phi) is 3.95. The second-order valence-electron chi connectivity index (χ2n) is 9.74. The Balaban J connectivity index is 1.50. The molecular weight excluding hydrogens is 440 g/mol. The van der Waals surface area contributed by atoms with Gasteiger partial charge in [0.2, 0.25) is 5.78 Å². The minimum absolute atomic E-state index is 0.978. The average Bonchev–Trinajstić information content (AvgIpc) is 3.55. The highest BCUT2D eigenvalue weighted by Crippen LogP contribution is 2.35. The van der Waals surface area contributed by atoms with E-state index in [4.69, 9.17) is 4.98 Å². The van der Waals surface area contributed by atoms with Gasteiger partial charge in [0, 0.05) is 22.1 Å². The molecule has 4 heteroatoms. The summed E-state index contributed by atoms with van der Waals surface area (Å²) in [5.74, 6) is 0.978. The summed E-state index contributed by atoms with van der Waals surface area (Å²) in [4.78, 5) is 5.12. The molecule has 0 fully saturated rings. The van der Waals surface area contributed by atoms with Crippen LogP contribution in [0, 0.1) is 6.92 Å². The zero-order valence-electron chi connectivity index (χ0n) is 20.0. The maximum atomic E-state index is 5.12. The quantitative estimate of drug-likeness (QED) is 0.258. The van der Waals surface area contributed by atoms with Crippen molar-refractivity contribution in [3.05, 3.63) is 114 Å². The van der Waals surface area contributed by atoms with Gasteiger partial charge in [-0.15, -0.1) is 0 Å². The number of hydrogen-bond donors (Lipinski definition) is 0. The first-order valence-electron chi connectivity index (χ1n) is 12.6. The molecule has 0 unspecified atom stereocenters. The Morgan fingerprint density at radius 2 is 1.42 bits per heavy atom. The van der Waals surface area contributed by atoms with Crippen molar-refractivity contribution in [1.29, 1.82) is 0 Å². The van der Waals surface area contributed by atoms with Crippen LogP contribution < -0.4 is 0 Å². The Morgan fingerprint density at radius 1 is 0.667 bits per heavy atom. The van der Waals surface area contributed by atoms with Crippen LogP contribution in [0.5, 0.6) is 0 Å². The fraction of sp³-hybridized carbons (Fsp3) is 0.0938. The minimum atomic E-state index is 0.978. The predicted molar refractivity (Wildman–Crippen MR) is 148 cm³/mol. The van der Waals surface area contributed by atoms with Crippen molar-refractivity contribution in [3.8, 4) is 11.4 Å². The van der Waals surface area contributed by atoms with Gasteiger partial charge < -0.3 is 4.57 Å². The van der Waals surface area contributed by atoms with E-state index in [9.17, 15) is 0 Å². The fourth-order valence-corrected chi connectivity index (χ4v) is 6.00. The van der Waals surface area contributed by atoms with Crippen LogP contribution >= 0.6 is 0 Å². The van der Waals surface area contributed by atoms with Crippen molar-refractivity contribution in [2.24, 2.45) is 0 Å². The zero-order valence-corrected chi connectivity index (χ0v) is 20.0. The van der Waals surface area contributed by atoms with Gasteiger partial charge in [0.15, 0.2) is 0 Å². The van der Waals surface area contributed by atoms with Gasteiger partial charge >= 0.3 is 0 Å². The molecule has 0 spiro atoms. The van der Waals surface area contributed by atoms with E-state index in [0.29, 0.717) is 0 Å². The number of para-hydroxylation sites is 2. The van der Waals surface area contributed by atoms with Crippen molar-refractivity contribution in [3.63, 3.8) is 0 Å². The summed E-state index contributed by atoms with van der Waals surface area (Å²) >= 11 is 0. The smallest absolute Gasteiger partial charge is 0.220 e. The predicted octanol–water partition coefficient (Wildman–Crippen LogP) is 7.64. The number of aryl methyl sites for hydroxylation is 2. The number of imidazole rings is 2. The van der Waals surface area contributed by atoms with Gasteiger partial charge in [-0.1, -0.05) is 54.6 Å². The van der Waals surface area contributed by atoms with Gasteiger partial charge in [-0.25, -0.2) is 4.98 Å². The summed E-state index contributed by atoms with van der Waals surface area (Å²) in [6.07, 6.45) is 6.45. The van der Waals surface area contributed by atoms with E-state index in [1.54, 1.807) is 0 Å². The van der Waals surface area contributed by atoms with Crippen molar-refractivity contribution in [2.45, 2.75) is 19.8 Å². The van der Waals surface area contributed by atoms with Gasteiger partial charge in [-0.2, -0.15) is 0 Å². The van der Waals surface area contributed by atoms with Crippen molar-refractivity contribution < 1.29 is 0 Å². The van der Waals surface area contributed by atoms with E-state index in [1.165, 1.54) is 44.1 Å². The molecule has 0 aliphatic heterocycles. The lowest BCUT2D eigenvalue weighted by atomic mass is 10.1. The first-order valence-corrected chi connectivity index (χ1v) is 12.6. The van der Waals surface area contributed by atoms with E-state index in [-0.39, 0.29) is 0 Å². The van der Waals surface area contributed by atoms with E-state index >= 15 is 0 Å². The van der Waals surface area contributed by atoms with Crippen LogP contribution in [0.15, 0.2) is 97.1 Å². The highest BCUT2D eigenvalue weighted by atomic mass is 15.2. The van der Waals surface area contributed by atoms with Crippen molar-refractivity contribution >= 4 is 44.7 Å². The summed E-state index contributed by atoms with van der Waals surface area (Å²) in [6.45, 7) is 2.14. The fourth-order valence-electron chi connectivity index (χ4n) is 6.00. The molecule has 4 nitrogen and oxygen atoms in total. The number of nitrogens with zero attached hydrogens (tertiary/aromatic N) is 4. The molecule has 8 rings (SSSR count). The molecule has 3 heterocycles. The number of allylic oxidation sites excluding steroid dienone is 1. The molecule has 3 aromatic heterocycles. The lowest BCUT2D eigenvalue weighted by Gasteiger charge is -2.10. The first-order chi connectivity index (χ1) is 17.8. The van der Waals surface area contributed by atoms with E-state index in [2.05, 4.69) is 124 Å². The highest BCUT2D eigenvalue weighted by Gasteiger charge is 2.22. The Morgan fingerprint density at radius 3 is 2.19 bits per heavy atom. The normalized spacial score (nSPS) is 13.4. The lowest BCUT2D eigenvalue weighted by molar-refractivity contribution is 0.920. The number of fused-ring (bicyclic) bond motifs is 8. The number of hydrogen-bond acceptors (Lipinski definition) is 1. The third-order valence-corrected chi connectivity index (χ3v) is 7.55. The summed E-state index contributed by atoms with van der Waals surface area (Å²) < 4.78 is 7.08. The molecule has 7 aromatic rings. The van der Waals surface area contributed by atoms with E-state index in [0.717, 1.165) is 35.7 Å². The van der Waals surface area contributed by atoms with Gasteiger partial charge in [-0.05, 0) is 73.9 Å². The van der Waals surface area contributed by atoms with Gasteiger partial charge in [0.25, 0.3) is 0 Å². The minimum Gasteiger partial charge on any atom is -0.309 e. The largest absolute Gasteiger partial charge is 0.309 e. The standard InChI is InChI=1S/C32H24N4/c1-21-9-8-10-22(19-21)35-30-18-17-23(20-31(30)36-29-16-7-4-13-26(29)33-32(35)36)34-27-14-5-2-11-24(27)25-12-3-6-15-28(25)34/h2-6,8-15,17-20H,7,16H2,1H3. The molecule has 172 valence electrons. The zero-order chi connectivity index (χ0) is 23.8. The SMILES string of the molecule is Cc1cccc(-n2c3ccc(-n4c5ccccc5c5ccccc54)cc3n3c4c(nc23)C=CCC4)c1. The Bertz CT molecular complexity index is 1960. The summed E-state index contributed by atoms with van der Waals surface area (Å²) in [6, 6.07) is 32.9. The molecule has 0 bridgehead atoms. The molecule has 1 aliphatic carbocycles.